The van der Waals surface area contributed by atoms with Crippen LogP contribution >= 0.6 is 0 Å². The van der Waals surface area contributed by atoms with Gasteiger partial charge in [0.15, 0.2) is 0 Å². The second-order valence-corrected chi connectivity index (χ2v) is 6.74. The van der Waals surface area contributed by atoms with E-state index in [1.165, 1.54) is 25.0 Å². The third-order valence-corrected chi connectivity index (χ3v) is 5.13. The fourth-order valence-corrected chi connectivity index (χ4v) is 3.81. The van der Waals surface area contributed by atoms with Crippen molar-refractivity contribution in [2.45, 2.75) is 45.4 Å². The number of hydrogen-bond donors (Lipinski definition) is 0. The van der Waals surface area contributed by atoms with Crippen LogP contribution < -0.4 is 0 Å². The second kappa shape index (κ2) is 8.27. The van der Waals surface area contributed by atoms with Crippen LogP contribution in [0.15, 0.2) is 24.7 Å². The molecule has 5 nitrogen and oxygen atoms in total. The highest BCUT2D eigenvalue weighted by atomic mass is 16.2. The van der Waals surface area contributed by atoms with Gasteiger partial charge in [-0.3, -0.25) is 4.79 Å². The minimum atomic E-state index is 0.276. The Hall–Kier alpha value is -1.91. The lowest BCUT2D eigenvalue weighted by Gasteiger charge is -2.39. The van der Waals surface area contributed by atoms with Gasteiger partial charge in [0.05, 0.1) is 11.4 Å². The van der Waals surface area contributed by atoms with Gasteiger partial charge in [0.2, 0.25) is 5.91 Å². The van der Waals surface area contributed by atoms with Crippen molar-refractivity contribution in [2.24, 2.45) is 5.92 Å². The van der Waals surface area contributed by atoms with Crippen molar-refractivity contribution in [3.8, 4) is 0 Å². The number of nitrogens with zero attached hydrogens (tertiary/aromatic N) is 4. The quantitative estimate of drug-likeness (QED) is 0.853. The first-order valence-electron chi connectivity index (χ1n) is 9.30. The van der Waals surface area contributed by atoms with Gasteiger partial charge < -0.3 is 9.80 Å². The van der Waals surface area contributed by atoms with Gasteiger partial charge in [0, 0.05) is 38.3 Å². The van der Waals surface area contributed by atoms with Gasteiger partial charge in [0.1, 0.15) is 6.33 Å². The summed E-state index contributed by atoms with van der Waals surface area (Å²) in [6, 6.07) is 1.96. The lowest BCUT2D eigenvalue weighted by molar-refractivity contribution is -0.137. The molecule has 0 aromatic carbocycles. The first-order chi connectivity index (χ1) is 11.8. The van der Waals surface area contributed by atoms with Crippen molar-refractivity contribution >= 4 is 11.6 Å². The molecule has 0 unspecified atom stereocenters. The van der Waals surface area contributed by atoms with Gasteiger partial charge in [-0.2, -0.15) is 0 Å². The topological polar surface area (TPSA) is 49.3 Å². The molecule has 0 spiro atoms. The monoisotopic (exact) mass is 328 g/mol. The number of rotatable bonds is 4. The molecule has 2 heterocycles. The van der Waals surface area contributed by atoms with Gasteiger partial charge in [-0.1, -0.05) is 32.3 Å². The van der Waals surface area contributed by atoms with E-state index in [1.54, 1.807) is 12.5 Å². The zero-order chi connectivity index (χ0) is 16.8. The van der Waals surface area contributed by atoms with E-state index in [-0.39, 0.29) is 5.92 Å². The molecule has 0 atom stereocenters. The third-order valence-electron chi connectivity index (χ3n) is 5.13. The molecule has 5 heteroatoms. The summed E-state index contributed by atoms with van der Waals surface area (Å²) in [6.45, 7) is 5.55. The Labute approximate surface area is 144 Å². The predicted octanol–water partition coefficient (Wildman–Crippen LogP) is 2.95. The number of allylic oxidation sites excluding steroid dienone is 1. The van der Waals surface area contributed by atoms with Gasteiger partial charge in [-0.25, -0.2) is 9.97 Å². The molecule has 0 radical (unpaired) electrons. The van der Waals surface area contributed by atoms with E-state index in [9.17, 15) is 4.79 Å². The van der Waals surface area contributed by atoms with Crippen LogP contribution in [0.5, 0.6) is 0 Å². The van der Waals surface area contributed by atoms with E-state index in [4.69, 9.17) is 0 Å². The lowest BCUT2D eigenvalue weighted by Crippen LogP contribution is -2.49. The molecule has 0 bridgehead atoms. The number of carbonyl (C=O) groups excluding carboxylic acids is 1. The molecule has 3 rings (SSSR count). The summed E-state index contributed by atoms with van der Waals surface area (Å²) in [5.41, 5.74) is 2.14. The summed E-state index contributed by atoms with van der Waals surface area (Å²) in [5, 5.41) is 0. The summed E-state index contributed by atoms with van der Waals surface area (Å²) in [5.74, 6) is 0.662. The molecule has 1 aliphatic heterocycles. The van der Waals surface area contributed by atoms with Crippen LogP contribution in [-0.2, 0) is 4.79 Å². The number of amides is 1. The van der Waals surface area contributed by atoms with Crippen molar-refractivity contribution in [2.75, 3.05) is 26.2 Å². The number of hydrogen-bond acceptors (Lipinski definition) is 4. The van der Waals surface area contributed by atoms with Crippen molar-refractivity contribution in [3.05, 3.63) is 30.4 Å². The minimum Gasteiger partial charge on any atom is -0.366 e. The zero-order valence-corrected chi connectivity index (χ0v) is 14.7. The Morgan fingerprint density at radius 3 is 2.50 bits per heavy atom. The van der Waals surface area contributed by atoms with Crippen LogP contribution in [-0.4, -0.2) is 51.9 Å². The number of carbonyl (C=O) groups is 1. The molecule has 1 amide bonds. The average Bonchev–Trinajstić information content (AvgIpc) is 2.67. The maximum absolute atomic E-state index is 12.7. The maximum atomic E-state index is 12.7. The fraction of sp³-hybridized carbons (Fsp3) is 0.632. The zero-order valence-electron chi connectivity index (χ0n) is 14.7. The Kier molecular flexibility index (Phi) is 5.83. The highest BCUT2D eigenvalue weighted by Gasteiger charge is 2.29. The van der Waals surface area contributed by atoms with E-state index in [0.29, 0.717) is 5.91 Å². The molecule has 1 saturated carbocycles. The largest absolute Gasteiger partial charge is 0.366 e. The van der Waals surface area contributed by atoms with E-state index in [2.05, 4.69) is 32.8 Å². The summed E-state index contributed by atoms with van der Waals surface area (Å²) in [7, 11) is 0. The van der Waals surface area contributed by atoms with Crippen LogP contribution in [0.1, 0.15) is 51.1 Å². The number of piperazine rings is 1. The highest BCUT2D eigenvalue weighted by Crippen LogP contribution is 2.26. The normalized spacial score (nSPS) is 20.3. The summed E-state index contributed by atoms with van der Waals surface area (Å²) < 4.78 is 0. The fourth-order valence-electron chi connectivity index (χ4n) is 3.81. The number of aromatic nitrogens is 2. The standard InChI is InChI=1S/C19H28N4O/c1-2-6-18(17-9-10-20-15-21-17)22-11-13-23(14-12-22)19(24)16-7-4-3-5-8-16/h6,9-10,15-16H,2-5,7-8,11-14H2,1H3/b18-6-. The first-order valence-corrected chi connectivity index (χ1v) is 9.30. The van der Waals surface area contributed by atoms with Crippen LogP contribution in [0.3, 0.4) is 0 Å². The van der Waals surface area contributed by atoms with E-state index in [1.807, 2.05) is 6.07 Å². The van der Waals surface area contributed by atoms with Crippen LogP contribution in [0.2, 0.25) is 0 Å². The van der Waals surface area contributed by atoms with E-state index < -0.39 is 0 Å². The predicted molar refractivity (Wildman–Crippen MR) is 95.0 cm³/mol. The van der Waals surface area contributed by atoms with Crippen molar-refractivity contribution < 1.29 is 4.79 Å². The molecule has 0 N–H and O–H groups in total. The molecule has 1 aromatic heterocycles. The SMILES string of the molecule is CC/C=C(/c1ccncn1)N1CCN(C(=O)C2CCCCC2)CC1. The van der Waals surface area contributed by atoms with Gasteiger partial charge in [-0.15, -0.1) is 0 Å². The third kappa shape index (κ3) is 3.94. The molecule has 130 valence electrons. The van der Waals surface area contributed by atoms with Gasteiger partial charge >= 0.3 is 0 Å². The van der Waals surface area contributed by atoms with Crippen LogP contribution in [0, 0.1) is 5.92 Å². The van der Waals surface area contributed by atoms with E-state index >= 15 is 0 Å². The van der Waals surface area contributed by atoms with Crippen molar-refractivity contribution in [3.63, 3.8) is 0 Å². The molecular formula is C19H28N4O. The highest BCUT2D eigenvalue weighted by molar-refractivity contribution is 5.79. The molecular weight excluding hydrogens is 300 g/mol. The molecule has 24 heavy (non-hydrogen) atoms. The lowest BCUT2D eigenvalue weighted by atomic mass is 9.88. The van der Waals surface area contributed by atoms with Crippen molar-refractivity contribution in [1.82, 2.24) is 19.8 Å². The van der Waals surface area contributed by atoms with Crippen molar-refractivity contribution in [1.29, 1.82) is 0 Å². The summed E-state index contributed by atoms with van der Waals surface area (Å²) in [6.07, 6.45) is 12.5. The Balaban J connectivity index is 1.61. The van der Waals surface area contributed by atoms with Gasteiger partial charge in [0.25, 0.3) is 0 Å². The summed E-state index contributed by atoms with van der Waals surface area (Å²) in [4.78, 5) is 25.5. The van der Waals surface area contributed by atoms with Crippen LogP contribution in [0.25, 0.3) is 5.70 Å². The Morgan fingerprint density at radius 2 is 1.88 bits per heavy atom. The molecule has 1 saturated heterocycles. The summed E-state index contributed by atoms with van der Waals surface area (Å²) >= 11 is 0. The first kappa shape index (κ1) is 16.9. The Morgan fingerprint density at radius 1 is 1.17 bits per heavy atom. The Bertz CT molecular complexity index is 558. The molecule has 2 fully saturated rings. The van der Waals surface area contributed by atoms with Gasteiger partial charge in [-0.05, 0) is 25.3 Å². The molecule has 1 aliphatic carbocycles. The van der Waals surface area contributed by atoms with Crippen LogP contribution in [0.4, 0.5) is 0 Å². The average molecular weight is 328 g/mol. The second-order valence-electron chi connectivity index (χ2n) is 6.74. The van der Waals surface area contributed by atoms with E-state index in [0.717, 1.165) is 51.1 Å². The molecule has 1 aromatic rings. The minimum absolute atomic E-state index is 0.276. The maximum Gasteiger partial charge on any atom is 0.225 e. The molecule has 2 aliphatic rings. The smallest absolute Gasteiger partial charge is 0.225 e.